The molecular weight excluding hydrogens is 564 g/mol. The van der Waals surface area contributed by atoms with Gasteiger partial charge in [-0.05, 0) is 103 Å². The smallest absolute Gasteiger partial charge is 0.303 e. The highest BCUT2D eigenvalue weighted by Gasteiger charge is 2.41. The van der Waals surface area contributed by atoms with Crippen molar-refractivity contribution in [2.45, 2.75) is 181 Å². The molecule has 3 nitrogen and oxygen atoms in total. The predicted octanol–water partition coefficient (Wildman–Crippen LogP) is 13.2. The van der Waals surface area contributed by atoms with Gasteiger partial charge in [0.05, 0.1) is 0 Å². The topological polar surface area (TPSA) is 54.4 Å². The minimum absolute atomic E-state index is 0.326. The lowest BCUT2D eigenvalue weighted by Crippen LogP contribution is -1.94. The Kier molecular flexibility index (Phi) is 20.2. The summed E-state index contributed by atoms with van der Waals surface area (Å²) in [6, 6.07) is 0. The number of Topliss-reactive ketones (excluding diaryl/α,β-unsaturated/α-hetero) is 1. The molecule has 0 atom stereocenters. The van der Waals surface area contributed by atoms with Crippen LogP contribution in [0, 0.1) is 16.2 Å². The van der Waals surface area contributed by atoms with Crippen molar-refractivity contribution in [3.63, 3.8) is 0 Å². The van der Waals surface area contributed by atoms with Crippen molar-refractivity contribution < 1.29 is 14.7 Å². The molecule has 3 heteroatoms. The zero-order chi connectivity index (χ0) is 33.4. The third-order valence-electron chi connectivity index (χ3n) is 9.90. The number of unbranched alkanes of at least 4 members (excludes halogenated alkanes) is 13. The molecule has 3 saturated carbocycles. The van der Waals surface area contributed by atoms with Gasteiger partial charge in [0.25, 0.3) is 0 Å². The zero-order valence-electron chi connectivity index (χ0n) is 30.2. The van der Waals surface area contributed by atoms with Crippen LogP contribution in [0.25, 0.3) is 0 Å². The van der Waals surface area contributed by atoms with Gasteiger partial charge in [0.2, 0.25) is 0 Å². The molecule has 46 heavy (non-hydrogen) atoms. The third-order valence-corrected chi connectivity index (χ3v) is 9.90. The number of hydrogen-bond donors (Lipinski definition) is 1. The summed E-state index contributed by atoms with van der Waals surface area (Å²) in [5.74, 6) is -0.334. The first-order valence-electron chi connectivity index (χ1n) is 19.4. The van der Waals surface area contributed by atoms with Crippen molar-refractivity contribution in [1.82, 2.24) is 0 Å². The molecule has 0 radical (unpaired) electrons. The summed E-state index contributed by atoms with van der Waals surface area (Å²) in [6.45, 7) is 6.16. The van der Waals surface area contributed by atoms with E-state index in [1.54, 1.807) is 6.92 Å². The molecule has 0 aromatic rings. The lowest BCUT2D eigenvalue weighted by atomic mass is 9.98. The highest BCUT2D eigenvalue weighted by molar-refractivity contribution is 5.75. The van der Waals surface area contributed by atoms with Crippen LogP contribution >= 0.6 is 0 Å². The first-order chi connectivity index (χ1) is 22.3. The van der Waals surface area contributed by atoms with Crippen LogP contribution in [0.2, 0.25) is 0 Å². The molecule has 0 bridgehead atoms. The van der Waals surface area contributed by atoms with Crippen LogP contribution in [0.5, 0.6) is 0 Å². The summed E-state index contributed by atoms with van der Waals surface area (Å²) in [7, 11) is 0. The molecule has 260 valence electrons. The van der Waals surface area contributed by atoms with Crippen LogP contribution in [-0.2, 0) is 9.59 Å². The van der Waals surface area contributed by atoms with Crippen LogP contribution in [-0.4, -0.2) is 16.9 Å². The van der Waals surface area contributed by atoms with Gasteiger partial charge in [0.15, 0.2) is 0 Å². The molecule has 0 aromatic carbocycles. The van der Waals surface area contributed by atoms with E-state index < -0.39 is 5.97 Å². The lowest BCUT2D eigenvalue weighted by Gasteiger charge is -2.07. The van der Waals surface area contributed by atoms with E-state index in [0.717, 1.165) is 32.1 Å². The van der Waals surface area contributed by atoms with Crippen molar-refractivity contribution in [3.8, 4) is 0 Å². The van der Waals surface area contributed by atoms with Crippen LogP contribution in [0.1, 0.15) is 181 Å². The van der Waals surface area contributed by atoms with Gasteiger partial charge in [-0.25, -0.2) is 0 Å². The van der Waals surface area contributed by atoms with Crippen molar-refractivity contribution in [1.29, 1.82) is 0 Å². The molecule has 0 heterocycles. The molecule has 0 amide bonds. The second-order valence-electron chi connectivity index (χ2n) is 14.8. The first-order valence-corrected chi connectivity index (χ1v) is 19.4. The lowest BCUT2D eigenvalue weighted by molar-refractivity contribution is -0.137. The van der Waals surface area contributed by atoms with Crippen LogP contribution < -0.4 is 0 Å². The Labute approximate surface area is 284 Å². The largest absolute Gasteiger partial charge is 0.481 e. The molecular formula is C43H70O3. The number of carboxylic acids is 1. The maximum Gasteiger partial charge on any atom is 0.303 e. The molecule has 0 aliphatic heterocycles. The Morgan fingerprint density at radius 3 is 1.26 bits per heavy atom. The molecule has 0 saturated heterocycles. The number of hydrogen-bond acceptors (Lipinski definition) is 2. The number of aliphatic carboxylic acids is 1. The maximum atomic E-state index is 10.9. The van der Waals surface area contributed by atoms with E-state index in [1.165, 1.54) is 122 Å². The fourth-order valence-electron chi connectivity index (χ4n) is 5.99. The van der Waals surface area contributed by atoms with Gasteiger partial charge in [-0.3, -0.25) is 4.79 Å². The molecule has 3 aliphatic carbocycles. The van der Waals surface area contributed by atoms with E-state index in [2.05, 4.69) is 74.6 Å². The first kappa shape index (κ1) is 40.0. The van der Waals surface area contributed by atoms with E-state index in [0.29, 0.717) is 28.4 Å². The number of ketones is 1. The number of carbonyl (C=O) groups is 2. The summed E-state index contributed by atoms with van der Waals surface area (Å²) >= 11 is 0. The molecule has 1 N–H and O–H groups in total. The average molecular weight is 635 g/mol. The number of carboxylic acid groups (broad SMARTS) is 1. The van der Waals surface area contributed by atoms with Gasteiger partial charge < -0.3 is 9.90 Å². The Bertz CT molecular complexity index is 982. The Morgan fingerprint density at radius 2 is 0.870 bits per heavy atom. The molecule has 0 spiro atoms. The van der Waals surface area contributed by atoms with E-state index in [1.807, 2.05) is 0 Å². The molecule has 3 rings (SSSR count). The van der Waals surface area contributed by atoms with E-state index in [4.69, 9.17) is 5.11 Å². The van der Waals surface area contributed by atoms with Gasteiger partial charge in [-0.2, -0.15) is 0 Å². The van der Waals surface area contributed by atoms with Crippen molar-refractivity contribution in [3.05, 3.63) is 60.8 Å². The zero-order valence-corrected chi connectivity index (χ0v) is 30.2. The highest BCUT2D eigenvalue weighted by atomic mass is 16.4. The quantitative estimate of drug-likeness (QED) is 0.0722. The van der Waals surface area contributed by atoms with Gasteiger partial charge in [0, 0.05) is 29.1 Å². The van der Waals surface area contributed by atoms with E-state index in [9.17, 15) is 9.59 Å². The van der Waals surface area contributed by atoms with Crippen molar-refractivity contribution in [2.75, 3.05) is 0 Å². The molecule has 0 aromatic heterocycles. The number of carbonyl (C=O) groups excluding carboxylic acids is 1. The Morgan fingerprint density at radius 1 is 0.500 bits per heavy atom. The number of rotatable bonds is 27. The van der Waals surface area contributed by atoms with Crippen molar-refractivity contribution in [2.24, 2.45) is 16.2 Å². The van der Waals surface area contributed by atoms with Crippen LogP contribution in [0.4, 0.5) is 0 Å². The second kappa shape index (κ2) is 23.2. The van der Waals surface area contributed by atoms with Gasteiger partial charge in [-0.1, -0.05) is 126 Å². The van der Waals surface area contributed by atoms with Gasteiger partial charge in [-0.15, -0.1) is 0 Å². The normalized spacial score (nSPS) is 18.9. The second-order valence-corrected chi connectivity index (χ2v) is 14.8. The summed E-state index contributed by atoms with van der Waals surface area (Å²) in [4.78, 5) is 21.3. The Balaban J connectivity index is 0.000000322. The summed E-state index contributed by atoms with van der Waals surface area (Å²) in [6.07, 6.45) is 53.7. The fourth-order valence-corrected chi connectivity index (χ4v) is 5.99. The molecule has 3 fully saturated rings. The van der Waals surface area contributed by atoms with Gasteiger partial charge in [0.1, 0.15) is 5.78 Å². The minimum atomic E-state index is -0.666. The van der Waals surface area contributed by atoms with Crippen molar-refractivity contribution >= 4 is 11.8 Å². The highest BCUT2D eigenvalue weighted by Crippen LogP contribution is 2.54. The third kappa shape index (κ3) is 20.2. The van der Waals surface area contributed by atoms with E-state index >= 15 is 0 Å². The maximum absolute atomic E-state index is 10.9. The monoisotopic (exact) mass is 635 g/mol. The molecule has 0 unspecified atom stereocenters. The van der Waals surface area contributed by atoms with Crippen LogP contribution in [0.3, 0.4) is 0 Å². The standard InChI is InChI=1S/C23H36O.C20H34O2/c1-3-4-13-22(15-16-22)17-18-23(19-20-23)14-11-9-7-5-6-8-10-12-21(2)24;1-2-3-4-9-12-15-20(17-18-20)16-13-10-7-5-6-8-11-14-19(21)22/h4,11,13-14,17-18H,3,5-10,12,15-16,19-20H2,1-2H3;12-13,15-16H,2-11,14,17-18H2,1H3,(H,21,22)/b13-4-,14-11-,18-17-;15-12-,16-13-. The molecule has 3 aliphatic rings. The Hall–Kier alpha value is -2.16. The summed E-state index contributed by atoms with van der Waals surface area (Å²) in [5, 5.41) is 8.56. The van der Waals surface area contributed by atoms with Gasteiger partial charge >= 0.3 is 5.97 Å². The summed E-state index contributed by atoms with van der Waals surface area (Å²) in [5.41, 5.74) is 1.23. The van der Waals surface area contributed by atoms with Crippen LogP contribution in [0.15, 0.2) is 60.8 Å². The summed E-state index contributed by atoms with van der Waals surface area (Å²) < 4.78 is 0. The fraction of sp³-hybridized carbons (Fsp3) is 0.721. The number of allylic oxidation sites excluding steroid dienone is 10. The van der Waals surface area contributed by atoms with E-state index in [-0.39, 0.29) is 0 Å². The average Bonchev–Trinajstić information content (AvgIpc) is 3.94. The predicted molar refractivity (Wildman–Crippen MR) is 198 cm³/mol. The minimum Gasteiger partial charge on any atom is -0.481 e. The SMILES string of the molecule is CC/C=C\C1(/C=C\C2(/C=C\CCCCCCCC(C)=O)CC2)CC1.CCCCC/C=C\C1(/C=C\CCCCCCCC(=O)O)CC1.